The molecule has 0 aliphatic heterocycles. The maximum absolute atomic E-state index is 8.71. The Bertz CT molecular complexity index is 405. The van der Waals surface area contributed by atoms with Gasteiger partial charge < -0.3 is 19.9 Å². The molecule has 4 nitrogen and oxygen atoms in total. The minimum absolute atomic E-state index is 0. The van der Waals surface area contributed by atoms with Crippen LogP contribution in [0, 0.1) is 0 Å². The molecule has 0 radical (unpaired) electrons. The molecule has 1 rings (SSSR count). The van der Waals surface area contributed by atoms with Gasteiger partial charge in [-0.2, -0.15) is 0 Å². The summed E-state index contributed by atoms with van der Waals surface area (Å²) < 4.78 is 11.8. The minimum Gasteiger partial charge on any atom is -0.492 e. The lowest BCUT2D eigenvalue weighted by Gasteiger charge is -2.13. The van der Waals surface area contributed by atoms with E-state index in [4.69, 9.17) is 14.6 Å². The number of ether oxygens (including phenoxy) is 2. The second kappa shape index (κ2) is 12.1. The summed E-state index contributed by atoms with van der Waals surface area (Å²) >= 11 is 3.51. The number of benzene rings is 1. The van der Waals surface area contributed by atoms with Crippen molar-refractivity contribution < 1.29 is 14.6 Å². The molecule has 0 bridgehead atoms. The maximum Gasteiger partial charge on any atom is 0.174 e. The maximum atomic E-state index is 8.71. The van der Waals surface area contributed by atoms with Crippen LogP contribution >= 0.6 is 28.3 Å². The zero-order valence-electron chi connectivity index (χ0n) is 12.7. The molecule has 1 aromatic rings. The van der Waals surface area contributed by atoms with Gasteiger partial charge in [0.2, 0.25) is 0 Å². The van der Waals surface area contributed by atoms with E-state index < -0.39 is 0 Å². The third kappa shape index (κ3) is 7.36. The molecule has 0 atom stereocenters. The Labute approximate surface area is 141 Å². The van der Waals surface area contributed by atoms with Gasteiger partial charge in [-0.3, -0.25) is 0 Å². The van der Waals surface area contributed by atoms with E-state index in [2.05, 4.69) is 21.2 Å². The number of methoxy groups -OCH3 is 1. The molecule has 0 spiro atoms. The van der Waals surface area contributed by atoms with Crippen LogP contribution < -0.4 is 14.8 Å². The first-order chi connectivity index (χ1) is 9.72. The third-order valence-corrected chi connectivity index (χ3v) is 3.50. The fraction of sp³-hybridized carbons (Fsp3) is 0.600. The second-order valence-corrected chi connectivity index (χ2v) is 5.36. The molecule has 0 heterocycles. The topological polar surface area (TPSA) is 50.7 Å². The van der Waals surface area contributed by atoms with Gasteiger partial charge in [0.25, 0.3) is 0 Å². The Morgan fingerprint density at radius 3 is 2.62 bits per heavy atom. The van der Waals surface area contributed by atoms with Crippen LogP contribution in [0.1, 0.15) is 31.7 Å². The van der Waals surface area contributed by atoms with Gasteiger partial charge in [0.15, 0.2) is 11.5 Å². The van der Waals surface area contributed by atoms with Crippen molar-refractivity contribution in [3.63, 3.8) is 0 Å². The lowest BCUT2D eigenvalue weighted by atomic mass is 10.2. The number of nitrogens with one attached hydrogen (secondary N) is 1. The van der Waals surface area contributed by atoms with Crippen molar-refractivity contribution in [1.82, 2.24) is 5.32 Å². The zero-order valence-corrected chi connectivity index (χ0v) is 15.1. The van der Waals surface area contributed by atoms with Crippen LogP contribution in [-0.2, 0) is 6.54 Å². The monoisotopic (exact) mass is 381 g/mol. The highest BCUT2D eigenvalue weighted by molar-refractivity contribution is 9.10. The Hall–Kier alpha value is -0.490. The van der Waals surface area contributed by atoms with Gasteiger partial charge in [0.05, 0.1) is 18.2 Å². The number of rotatable bonds is 10. The predicted molar refractivity (Wildman–Crippen MR) is 91.8 cm³/mol. The zero-order chi connectivity index (χ0) is 14.8. The van der Waals surface area contributed by atoms with E-state index in [1.807, 2.05) is 19.1 Å². The Kier molecular flexibility index (Phi) is 11.8. The van der Waals surface area contributed by atoms with Crippen LogP contribution in [-0.4, -0.2) is 32.0 Å². The van der Waals surface area contributed by atoms with E-state index in [0.29, 0.717) is 6.61 Å². The van der Waals surface area contributed by atoms with E-state index in [0.717, 1.165) is 53.9 Å². The molecule has 6 heteroatoms. The number of hydrogen-bond acceptors (Lipinski definition) is 4. The molecule has 21 heavy (non-hydrogen) atoms. The minimum atomic E-state index is 0. The van der Waals surface area contributed by atoms with Crippen molar-refractivity contribution in [2.24, 2.45) is 0 Å². The Balaban J connectivity index is 0.00000400. The Morgan fingerprint density at radius 2 is 2.00 bits per heavy atom. The summed E-state index contributed by atoms with van der Waals surface area (Å²) in [4.78, 5) is 0. The van der Waals surface area contributed by atoms with Gasteiger partial charge in [-0.1, -0.05) is 0 Å². The first-order valence-electron chi connectivity index (χ1n) is 7.03. The van der Waals surface area contributed by atoms with Gasteiger partial charge in [0.1, 0.15) is 0 Å². The number of unbranched alkanes of at least 4 members (excludes halogenated alkanes) is 2. The average Bonchev–Trinajstić information content (AvgIpc) is 2.43. The second-order valence-electron chi connectivity index (χ2n) is 4.50. The fourth-order valence-corrected chi connectivity index (χ4v) is 2.61. The molecule has 0 fully saturated rings. The number of aliphatic hydroxyl groups is 1. The van der Waals surface area contributed by atoms with Crippen LogP contribution in [0.25, 0.3) is 0 Å². The summed E-state index contributed by atoms with van der Waals surface area (Å²) in [5, 5.41) is 12.1. The average molecular weight is 383 g/mol. The highest BCUT2D eigenvalue weighted by Crippen LogP contribution is 2.36. The van der Waals surface area contributed by atoms with E-state index in [9.17, 15) is 0 Å². The van der Waals surface area contributed by atoms with Crippen LogP contribution in [0.4, 0.5) is 0 Å². The lowest BCUT2D eigenvalue weighted by molar-refractivity contribution is 0.283. The molecule has 0 saturated carbocycles. The first-order valence-corrected chi connectivity index (χ1v) is 7.83. The van der Waals surface area contributed by atoms with Crippen LogP contribution in [0.2, 0.25) is 0 Å². The number of aliphatic hydroxyl groups excluding tert-OH is 1. The Morgan fingerprint density at radius 1 is 1.24 bits per heavy atom. The number of halogens is 2. The molecule has 1 aromatic carbocycles. The normalized spacial score (nSPS) is 10.1. The third-order valence-electron chi connectivity index (χ3n) is 2.91. The van der Waals surface area contributed by atoms with Crippen LogP contribution in [0.3, 0.4) is 0 Å². The smallest absolute Gasteiger partial charge is 0.174 e. The first kappa shape index (κ1) is 20.5. The fourth-order valence-electron chi connectivity index (χ4n) is 1.96. The van der Waals surface area contributed by atoms with E-state index >= 15 is 0 Å². The van der Waals surface area contributed by atoms with Crippen molar-refractivity contribution in [1.29, 1.82) is 0 Å². The molecule has 0 aromatic heterocycles. The quantitative estimate of drug-likeness (QED) is 0.608. The number of hydrogen-bond donors (Lipinski definition) is 2. The van der Waals surface area contributed by atoms with Gasteiger partial charge in [0, 0.05) is 13.2 Å². The van der Waals surface area contributed by atoms with Crippen LogP contribution in [0.5, 0.6) is 11.5 Å². The van der Waals surface area contributed by atoms with Gasteiger partial charge in [-0.25, -0.2) is 0 Å². The van der Waals surface area contributed by atoms with Crippen LogP contribution in [0.15, 0.2) is 16.6 Å². The molecule has 122 valence electrons. The summed E-state index contributed by atoms with van der Waals surface area (Å²) in [5.41, 5.74) is 1.16. The van der Waals surface area contributed by atoms with Gasteiger partial charge in [-0.15, -0.1) is 12.4 Å². The lowest BCUT2D eigenvalue weighted by Crippen LogP contribution is -2.15. The molecule has 0 amide bonds. The van der Waals surface area contributed by atoms with Crippen molar-refractivity contribution in [3.05, 3.63) is 22.2 Å². The molecule has 0 aliphatic carbocycles. The molecular weight excluding hydrogens is 358 g/mol. The van der Waals surface area contributed by atoms with E-state index in [1.54, 1.807) is 7.11 Å². The summed E-state index contributed by atoms with van der Waals surface area (Å²) in [6, 6.07) is 4.05. The molecule has 0 aliphatic rings. The van der Waals surface area contributed by atoms with Crippen molar-refractivity contribution >= 4 is 28.3 Å². The summed E-state index contributed by atoms with van der Waals surface area (Å²) in [6.07, 6.45) is 3.01. The highest BCUT2D eigenvalue weighted by atomic mass is 79.9. The standard InChI is InChI=1S/C15H24BrNO3.ClH/c1-3-20-14-10-12(9-13(16)15(14)19-2)11-17-7-5-4-6-8-18;/h9-10,17-18H,3-8,11H2,1-2H3;1H. The van der Waals surface area contributed by atoms with Crippen molar-refractivity contribution in [2.75, 3.05) is 26.9 Å². The van der Waals surface area contributed by atoms with Gasteiger partial charge >= 0.3 is 0 Å². The molecule has 2 N–H and O–H groups in total. The largest absolute Gasteiger partial charge is 0.492 e. The molecule has 0 saturated heterocycles. The van der Waals surface area contributed by atoms with E-state index in [-0.39, 0.29) is 19.0 Å². The summed E-state index contributed by atoms with van der Waals surface area (Å²) in [7, 11) is 1.64. The SMILES string of the molecule is CCOc1cc(CNCCCCCO)cc(Br)c1OC.Cl. The van der Waals surface area contributed by atoms with Crippen molar-refractivity contribution in [2.45, 2.75) is 32.7 Å². The van der Waals surface area contributed by atoms with E-state index in [1.165, 1.54) is 0 Å². The van der Waals surface area contributed by atoms with Crippen molar-refractivity contribution in [3.8, 4) is 11.5 Å². The summed E-state index contributed by atoms with van der Waals surface area (Å²) in [6.45, 7) is 4.60. The molecule has 0 unspecified atom stereocenters. The summed E-state index contributed by atoms with van der Waals surface area (Å²) in [5.74, 6) is 1.50. The predicted octanol–water partition coefficient (Wildman–Crippen LogP) is 3.53. The molecular formula is C15H25BrClNO3. The highest BCUT2D eigenvalue weighted by Gasteiger charge is 2.10. The van der Waals surface area contributed by atoms with Gasteiger partial charge in [-0.05, 0) is 66.4 Å².